The number of imide groups is 1. The lowest BCUT2D eigenvalue weighted by molar-refractivity contribution is 0.0643. The lowest BCUT2D eigenvalue weighted by Crippen LogP contribution is -2.28. The zero-order valence-electron chi connectivity index (χ0n) is 11.4. The highest BCUT2D eigenvalue weighted by molar-refractivity contribution is 7.17. The molecule has 0 fully saturated rings. The van der Waals surface area contributed by atoms with Crippen LogP contribution < -0.4 is 0 Å². The van der Waals surface area contributed by atoms with E-state index in [-0.39, 0.29) is 24.2 Å². The highest BCUT2D eigenvalue weighted by Gasteiger charge is 2.35. The third-order valence-corrected chi connectivity index (χ3v) is 4.83. The number of halogens is 1. The van der Waals surface area contributed by atoms with Crippen molar-refractivity contribution in [2.45, 2.75) is 6.54 Å². The Balaban J connectivity index is 1.74. The summed E-state index contributed by atoms with van der Waals surface area (Å²) < 4.78 is 14.4. The van der Waals surface area contributed by atoms with Crippen LogP contribution in [0.1, 0.15) is 26.3 Å². The molecule has 1 aliphatic heterocycles. The van der Waals surface area contributed by atoms with Crippen LogP contribution in [-0.2, 0) is 6.54 Å². The third-order valence-electron chi connectivity index (χ3n) is 3.82. The van der Waals surface area contributed by atoms with E-state index < -0.39 is 0 Å². The van der Waals surface area contributed by atoms with Crippen LogP contribution in [0.15, 0.2) is 47.8 Å². The molecule has 1 aliphatic rings. The number of amides is 2. The highest BCUT2D eigenvalue weighted by Crippen LogP contribution is 2.30. The largest absolute Gasteiger partial charge is 0.270 e. The van der Waals surface area contributed by atoms with Crippen molar-refractivity contribution in [3.8, 4) is 0 Å². The van der Waals surface area contributed by atoms with Gasteiger partial charge in [0.25, 0.3) is 11.8 Å². The maximum absolute atomic E-state index is 13.4. The molecule has 5 heteroatoms. The minimum atomic E-state index is -0.325. The molecule has 2 heterocycles. The Hall–Kier alpha value is -2.53. The summed E-state index contributed by atoms with van der Waals surface area (Å²) in [6.07, 6.45) is 0. The number of hydrogen-bond donors (Lipinski definition) is 0. The van der Waals surface area contributed by atoms with E-state index >= 15 is 0 Å². The highest BCUT2D eigenvalue weighted by atomic mass is 32.1. The second kappa shape index (κ2) is 4.74. The average Bonchev–Trinajstić information content (AvgIpc) is 3.03. The van der Waals surface area contributed by atoms with Crippen LogP contribution in [0.4, 0.5) is 4.39 Å². The fourth-order valence-corrected chi connectivity index (χ4v) is 3.66. The van der Waals surface area contributed by atoms with Gasteiger partial charge in [0.2, 0.25) is 0 Å². The Bertz CT molecular complexity index is 896. The van der Waals surface area contributed by atoms with Crippen LogP contribution in [0.5, 0.6) is 0 Å². The number of nitrogens with zero attached hydrogens (tertiary/aromatic N) is 1. The lowest BCUT2D eigenvalue weighted by atomic mass is 10.1. The molecule has 108 valence electrons. The van der Waals surface area contributed by atoms with Gasteiger partial charge in [0.1, 0.15) is 5.82 Å². The maximum atomic E-state index is 13.4. The van der Waals surface area contributed by atoms with Gasteiger partial charge in [0.05, 0.1) is 17.7 Å². The van der Waals surface area contributed by atoms with Gasteiger partial charge < -0.3 is 0 Å². The Morgan fingerprint density at radius 2 is 1.68 bits per heavy atom. The predicted molar refractivity (Wildman–Crippen MR) is 82.4 cm³/mol. The van der Waals surface area contributed by atoms with E-state index in [1.165, 1.54) is 28.4 Å². The first kappa shape index (κ1) is 13.2. The quantitative estimate of drug-likeness (QED) is 0.674. The molecule has 3 aromatic rings. The van der Waals surface area contributed by atoms with Crippen molar-refractivity contribution in [3.63, 3.8) is 0 Å². The van der Waals surface area contributed by atoms with Gasteiger partial charge in [-0.25, -0.2) is 4.39 Å². The average molecular weight is 311 g/mol. The van der Waals surface area contributed by atoms with Crippen molar-refractivity contribution in [2.75, 3.05) is 0 Å². The van der Waals surface area contributed by atoms with Gasteiger partial charge in [-0.1, -0.05) is 12.1 Å². The SMILES string of the molecule is O=C1c2ccccc2C(=O)N1Cc1csc2ccc(F)cc12. The molecule has 0 N–H and O–H groups in total. The predicted octanol–water partition coefficient (Wildman–Crippen LogP) is 3.84. The fourth-order valence-electron chi connectivity index (χ4n) is 2.73. The van der Waals surface area contributed by atoms with Crippen LogP contribution in [0.2, 0.25) is 0 Å². The summed E-state index contributed by atoms with van der Waals surface area (Å²) in [5.74, 6) is -0.915. The van der Waals surface area contributed by atoms with E-state index in [9.17, 15) is 14.0 Å². The van der Waals surface area contributed by atoms with Gasteiger partial charge >= 0.3 is 0 Å². The summed E-state index contributed by atoms with van der Waals surface area (Å²) in [5, 5.41) is 2.62. The number of hydrogen-bond acceptors (Lipinski definition) is 3. The molecule has 2 amide bonds. The number of thiophene rings is 1. The van der Waals surface area contributed by atoms with Crippen LogP contribution in [0, 0.1) is 5.82 Å². The summed E-state index contributed by atoms with van der Waals surface area (Å²) in [6, 6.07) is 11.3. The normalized spacial score (nSPS) is 14.0. The van der Waals surface area contributed by atoms with Gasteiger partial charge in [-0.15, -0.1) is 11.3 Å². The van der Waals surface area contributed by atoms with E-state index in [1.54, 1.807) is 30.3 Å². The summed E-state index contributed by atoms with van der Waals surface area (Å²) in [4.78, 5) is 26.0. The maximum Gasteiger partial charge on any atom is 0.261 e. The molecule has 1 aromatic heterocycles. The number of benzene rings is 2. The third kappa shape index (κ3) is 1.86. The zero-order valence-corrected chi connectivity index (χ0v) is 12.2. The van der Waals surface area contributed by atoms with E-state index in [0.717, 1.165) is 15.6 Å². The van der Waals surface area contributed by atoms with Crippen LogP contribution >= 0.6 is 11.3 Å². The molecular weight excluding hydrogens is 301 g/mol. The second-order valence-electron chi connectivity index (χ2n) is 5.14. The number of rotatable bonds is 2. The van der Waals surface area contributed by atoms with Gasteiger partial charge in [-0.2, -0.15) is 0 Å². The van der Waals surface area contributed by atoms with Crippen molar-refractivity contribution < 1.29 is 14.0 Å². The van der Waals surface area contributed by atoms with Gasteiger partial charge in [0, 0.05) is 10.1 Å². The van der Waals surface area contributed by atoms with Crippen molar-refractivity contribution in [1.82, 2.24) is 4.90 Å². The monoisotopic (exact) mass is 311 g/mol. The molecule has 0 aliphatic carbocycles. The van der Waals surface area contributed by atoms with E-state index in [0.29, 0.717) is 11.1 Å². The number of fused-ring (bicyclic) bond motifs is 2. The second-order valence-corrected chi connectivity index (χ2v) is 6.05. The van der Waals surface area contributed by atoms with E-state index in [2.05, 4.69) is 0 Å². The van der Waals surface area contributed by atoms with Gasteiger partial charge in [0.15, 0.2) is 0 Å². The molecule has 0 unspecified atom stereocenters. The first-order valence-electron chi connectivity index (χ1n) is 6.76. The Morgan fingerprint density at radius 3 is 2.36 bits per heavy atom. The Labute approximate surface area is 129 Å². The van der Waals surface area contributed by atoms with Crippen molar-refractivity contribution in [2.24, 2.45) is 0 Å². The molecule has 0 atom stereocenters. The molecular formula is C17H10FNO2S. The molecule has 22 heavy (non-hydrogen) atoms. The first-order valence-corrected chi connectivity index (χ1v) is 7.64. The van der Waals surface area contributed by atoms with Crippen LogP contribution in [0.25, 0.3) is 10.1 Å². The standard InChI is InChI=1S/C17H10FNO2S/c18-11-5-6-15-14(7-11)10(9-22-15)8-19-16(20)12-3-1-2-4-13(12)17(19)21/h1-7,9H,8H2. The van der Waals surface area contributed by atoms with Crippen molar-refractivity contribution in [3.05, 3.63) is 70.4 Å². The Kier molecular flexibility index (Phi) is 2.84. The van der Waals surface area contributed by atoms with E-state index in [4.69, 9.17) is 0 Å². The molecule has 2 aromatic carbocycles. The van der Waals surface area contributed by atoms with Gasteiger partial charge in [-0.05, 0) is 41.3 Å². The molecule has 4 rings (SSSR count). The van der Waals surface area contributed by atoms with Crippen LogP contribution in [0.3, 0.4) is 0 Å². The summed E-state index contributed by atoms with van der Waals surface area (Å²) >= 11 is 1.48. The van der Waals surface area contributed by atoms with Crippen molar-refractivity contribution >= 4 is 33.2 Å². The first-order chi connectivity index (χ1) is 10.6. The summed E-state index contributed by atoms with van der Waals surface area (Å²) in [6.45, 7) is 0.162. The number of carbonyl (C=O) groups is 2. The topological polar surface area (TPSA) is 37.4 Å². The summed E-state index contributed by atoms with van der Waals surface area (Å²) in [7, 11) is 0. The zero-order chi connectivity index (χ0) is 15.3. The van der Waals surface area contributed by atoms with Crippen molar-refractivity contribution in [1.29, 1.82) is 0 Å². The molecule has 0 spiro atoms. The minimum absolute atomic E-state index is 0.162. The minimum Gasteiger partial charge on any atom is -0.270 e. The van der Waals surface area contributed by atoms with Crippen LogP contribution in [-0.4, -0.2) is 16.7 Å². The molecule has 0 saturated heterocycles. The Morgan fingerprint density at radius 1 is 1.00 bits per heavy atom. The lowest BCUT2D eigenvalue weighted by Gasteiger charge is -2.13. The molecule has 0 radical (unpaired) electrons. The van der Waals surface area contributed by atoms with Gasteiger partial charge in [-0.3, -0.25) is 14.5 Å². The smallest absolute Gasteiger partial charge is 0.261 e. The summed E-state index contributed by atoms with van der Waals surface area (Å²) in [5.41, 5.74) is 1.64. The molecule has 0 bridgehead atoms. The number of carbonyl (C=O) groups excluding carboxylic acids is 2. The molecule has 3 nitrogen and oxygen atoms in total. The fraction of sp³-hybridized carbons (Fsp3) is 0.0588. The van der Waals surface area contributed by atoms with E-state index in [1.807, 2.05) is 5.38 Å². The molecule has 0 saturated carbocycles.